The molecule has 0 unspecified atom stereocenters. The number of hydrogen-bond acceptors (Lipinski definition) is 5. The minimum Gasteiger partial charge on any atom is -0.484 e. The Bertz CT molecular complexity index is 731. The van der Waals surface area contributed by atoms with Crippen molar-refractivity contribution in [1.82, 2.24) is 15.5 Å². The van der Waals surface area contributed by atoms with Crippen molar-refractivity contribution < 1.29 is 14.1 Å². The van der Waals surface area contributed by atoms with Crippen LogP contribution in [0.1, 0.15) is 69.1 Å². The molecule has 6 nitrogen and oxygen atoms in total. The Kier molecular flexibility index (Phi) is 5.59. The van der Waals surface area contributed by atoms with Gasteiger partial charge < -0.3 is 14.6 Å². The van der Waals surface area contributed by atoms with E-state index in [9.17, 15) is 4.79 Å². The summed E-state index contributed by atoms with van der Waals surface area (Å²) in [5, 5.41) is 7.18. The fraction of sp³-hybridized carbons (Fsp3) is 0.550. The van der Waals surface area contributed by atoms with Crippen LogP contribution in [0.3, 0.4) is 0 Å². The number of carbonyl (C=O) groups excluding carboxylic acids is 1. The summed E-state index contributed by atoms with van der Waals surface area (Å²) in [5.74, 6) is 2.09. The molecule has 0 aliphatic heterocycles. The normalized spacial score (nSPS) is 16.5. The lowest BCUT2D eigenvalue weighted by atomic mass is 9.81. The SMILES string of the molecule is Cc1nc(C2(NC(=O)COc3ccc(C(C)C)cc3)CCCCC2)no1. The summed E-state index contributed by atoms with van der Waals surface area (Å²) < 4.78 is 10.8. The smallest absolute Gasteiger partial charge is 0.258 e. The number of rotatable bonds is 6. The van der Waals surface area contributed by atoms with E-state index in [0.29, 0.717) is 23.4 Å². The standard InChI is InChI=1S/C20H27N3O3/c1-14(2)16-7-9-17(10-8-16)25-13-18(24)22-20(11-5-4-6-12-20)19-21-15(3)26-23-19/h7-10,14H,4-6,11-13H2,1-3H3,(H,22,24). The molecule has 3 rings (SSSR count). The summed E-state index contributed by atoms with van der Waals surface area (Å²) in [6.45, 7) is 6.03. The van der Waals surface area contributed by atoms with E-state index in [2.05, 4.69) is 29.3 Å². The molecule has 0 radical (unpaired) electrons. The summed E-state index contributed by atoms with van der Waals surface area (Å²) in [6.07, 6.45) is 4.87. The van der Waals surface area contributed by atoms with Crippen LogP contribution >= 0.6 is 0 Å². The predicted octanol–water partition coefficient (Wildman–Crippen LogP) is 3.86. The van der Waals surface area contributed by atoms with Gasteiger partial charge in [0.2, 0.25) is 5.89 Å². The summed E-state index contributed by atoms with van der Waals surface area (Å²) >= 11 is 0. The highest BCUT2D eigenvalue weighted by atomic mass is 16.5. The van der Waals surface area contributed by atoms with Crippen LogP contribution < -0.4 is 10.1 Å². The third-order valence-electron chi connectivity index (χ3n) is 4.96. The quantitative estimate of drug-likeness (QED) is 0.849. The average Bonchev–Trinajstić information content (AvgIpc) is 3.08. The van der Waals surface area contributed by atoms with Gasteiger partial charge in [0.25, 0.3) is 5.91 Å². The number of benzene rings is 1. The molecule has 2 aromatic rings. The molecule has 0 saturated heterocycles. The third-order valence-corrected chi connectivity index (χ3v) is 4.96. The molecule has 1 amide bonds. The first-order valence-electron chi connectivity index (χ1n) is 9.33. The summed E-state index contributed by atoms with van der Waals surface area (Å²) in [4.78, 5) is 16.9. The highest BCUT2D eigenvalue weighted by Gasteiger charge is 2.39. The van der Waals surface area contributed by atoms with Crippen LogP contribution in [-0.2, 0) is 10.3 Å². The Morgan fingerprint density at radius 1 is 1.23 bits per heavy atom. The van der Waals surface area contributed by atoms with Crippen molar-refractivity contribution >= 4 is 5.91 Å². The zero-order chi connectivity index (χ0) is 18.6. The zero-order valence-electron chi connectivity index (χ0n) is 15.7. The predicted molar refractivity (Wildman–Crippen MR) is 98.0 cm³/mol. The van der Waals surface area contributed by atoms with Crippen molar-refractivity contribution in [3.8, 4) is 5.75 Å². The first-order chi connectivity index (χ1) is 12.5. The molecule has 1 aromatic carbocycles. The van der Waals surface area contributed by atoms with Gasteiger partial charge in [0.15, 0.2) is 12.4 Å². The van der Waals surface area contributed by atoms with Crippen molar-refractivity contribution in [2.24, 2.45) is 0 Å². The second kappa shape index (κ2) is 7.89. The number of aryl methyl sites for hydroxylation is 1. The molecule has 1 heterocycles. The summed E-state index contributed by atoms with van der Waals surface area (Å²) in [5.41, 5.74) is 0.702. The summed E-state index contributed by atoms with van der Waals surface area (Å²) in [7, 11) is 0. The van der Waals surface area contributed by atoms with Crippen LogP contribution in [0.25, 0.3) is 0 Å². The maximum absolute atomic E-state index is 12.5. The molecule has 1 aliphatic carbocycles. The Morgan fingerprint density at radius 3 is 2.50 bits per heavy atom. The maximum Gasteiger partial charge on any atom is 0.258 e. The van der Waals surface area contributed by atoms with E-state index in [0.717, 1.165) is 32.1 Å². The Balaban J connectivity index is 1.63. The minimum absolute atomic E-state index is 0.0282. The van der Waals surface area contributed by atoms with E-state index >= 15 is 0 Å². The fourth-order valence-corrected chi connectivity index (χ4v) is 3.45. The largest absolute Gasteiger partial charge is 0.484 e. The van der Waals surface area contributed by atoms with Gasteiger partial charge >= 0.3 is 0 Å². The second-order valence-electron chi connectivity index (χ2n) is 7.34. The van der Waals surface area contributed by atoms with E-state index in [1.807, 2.05) is 24.3 Å². The molecule has 6 heteroatoms. The van der Waals surface area contributed by atoms with Crippen molar-refractivity contribution in [3.05, 3.63) is 41.5 Å². The molecule has 1 saturated carbocycles. The van der Waals surface area contributed by atoms with Crippen molar-refractivity contribution in [3.63, 3.8) is 0 Å². The number of nitrogens with one attached hydrogen (secondary N) is 1. The fourth-order valence-electron chi connectivity index (χ4n) is 3.45. The van der Waals surface area contributed by atoms with Gasteiger partial charge in [-0.15, -0.1) is 0 Å². The molecule has 26 heavy (non-hydrogen) atoms. The van der Waals surface area contributed by atoms with Crippen molar-refractivity contribution in [2.45, 2.75) is 64.3 Å². The van der Waals surface area contributed by atoms with Gasteiger partial charge in [0, 0.05) is 6.92 Å². The van der Waals surface area contributed by atoms with Gasteiger partial charge in [0.1, 0.15) is 11.3 Å². The van der Waals surface area contributed by atoms with Gasteiger partial charge in [0.05, 0.1) is 0 Å². The molecule has 1 aromatic heterocycles. The van der Waals surface area contributed by atoms with E-state index in [1.165, 1.54) is 5.56 Å². The molecule has 1 N–H and O–H groups in total. The number of amides is 1. The van der Waals surface area contributed by atoms with E-state index in [-0.39, 0.29) is 12.5 Å². The van der Waals surface area contributed by atoms with Crippen molar-refractivity contribution in [1.29, 1.82) is 0 Å². The third kappa shape index (κ3) is 4.23. The van der Waals surface area contributed by atoms with E-state index in [4.69, 9.17) is 9.26 Å². The molecule has 1 aliphatic rings. The van der Waals surface area contributed by atoms with Crippen LogP contribution in [-0.4, -0.2) is 22.7 Å². The molecule has 0 atom stereocenters. The van der Waals surface area contributed by atoms with Crippen LogP contribution in [0.5, 0.6) is 5.75 Å². The molecule has 0 bridgehead atoms. The lowest BCUT2D eigenvalue weighted by Crippen LogP contribution is -2.49. The lowest BCUT2D eigenvalue weighted by molar-refractivity contribution is -0.125. The van der Waals surface area contributed by atoms with Crippen molar-refractivity contribution in [2.75, 3.05) is 6.61 Å². The minimum atomic E-state index is -0.544. The van der Waals surface area contributed by atoms with Gasteiger partial charge in [-0.3, -0.25) is 4.79 Å². The molecule has 1 fully saturated rings. The number of carbonyl (C=O) groups is 1. The number of nitrogens with zero attached hydrogens (tertiary/aromatic N) is 2. The van der Waals surface area contributed by atoms with Crippen LogP contribution in [0, 0.1) is 6.92 Å². The Morgan fingerprint density at radius 2 is 1.92 bits per heavy atom. The lowest BCUT2D eigenvalue weighted by Gasteiger charge is -2.35. The molecular formula is C20H27N3O3. The van der Waals surface area contributed by atoms with Gasteiger partial charge in [-0.2, -0.15) is 4.98 Å². The first kappa shape index (κ1) is 18.4. The molecular weight excluding hydrogens is 330 g/mol. The van der Waals surface area contributed by atoms with Gasteiger partial charge in [-0.05, 0) is 36.5 Å². The number of aromatic nitrogens is 2. The Hall–Kier alpha value is -2.37. The molecule has 140 valence electrons. The van der Waals surface area contributed by atoms with Crippen LogP contribution in [0.4, 0.5) is 0 Å². The monoisotopic (exact) mass is 357 g/mol. The second-order valence-corrected chi connectivity index (χ2v) is 7.34. The van der Waals surface area contributed by atoms with E-state index in [1.54, 1.807) is 6.92 Å². The number of ether oxygens (including phenoxy) is 1. The topological polar surface area (TPSA) is 77.2 Å². The maximum atomic E-state index is 12.5. The van der Waals surface area contributed by atoms with Gasteiger partial charge in [-0.1, -0.05) is 50.4 Å². The van der Waals surface area contributed by atoms with E-state index < -0.39 is 5.54 Å². The van der Waals surface area contributed by atoms with Crippen LogP contribution in [0.2, 0.25) is 0 Å². The first-order valence-corrected chi connectivity index (χ1v) is 9.33. The molecule has 0 spiro atoms. The van der Waals surface area contributed by atoms with Crippen LogP contribution in [0.15, 0.2) is 28.8 Å². The zero-order valence-corrected chi connectivity index (χ0v) is 15.7. The Labute approximate surface area is 154 Å². The number of hydrogen-bond donors (Lipinski definition) is 1. The average molecular weight is 357 g/mol. The summed E-state index contributed by atoms with van der Waals surface area (Å²) in [6, 6.07) is 7.87. The highest BCUT2D eigenvalue weighted by molar-refractivity contribution is 5.78. The van der Waals surface area contributed by atoms with Gasteiger partial charge in [-0.25, -0.2) is 0 Å². The highest BCUT2D eigenvalue weighted by Crippen LogP contribution is 2.35.